The highest BCUT2D eigenvalue weighted by Gasteiger charge is 2.34. The van der Waals surface area contributed by atoms with E-state index in [1.807, 2.05) is 0 Å². The molecule has 0 saturated heterocycles. The van der Waals surface area contributed by atoms with Crippen LogP contribution >= 0.6 is 23.2 Å². The van der Waals surface area contributed by atoms with Gasteiger partial charge in [0.05, 0.1) is 0 Å². The number of terminal acetylenes is 1. The van der Waals surface area contributed by atoms with Crippen molar-refractivity contribution < 1.29 is 14.9 Å². The van der Waals surface area contributed by atoms with Gasteiger partial charge in [0.2, 0.25) is 0 Å². The molecule has 0 unspecified atom stereocenters. The number of phenols is 1. The zero-order valence-corrected chi connectivity index (χ0v) is 25.0. The molecule has 210 valence electrons. The van der Waals surface area contributed by atoms with Gasteiger partial charge >= 0.3 is 0 Å². The lowest BCUT2D eigenvalue weighted by molar-refractivity contribution is 0.125. The second-order valence-corrected chi connectivity index (χ2v) is 9.04. The summed E-state index contributed by atoms with van der Waals surface area (Å²) in [5.41, 5.74) is -0.331. The summed E-state index contributed by atoms with van der Waals surface area (Å²) in [5, 5.41) is 23.5. The second-order valence-electron chi connectivity index (χ2n) is 8.16. The van der Waals surface area contributed by atoms with E-state index in [0.29, 0.717) is 26.7 Å². The first-order valence-corrected chi connectivity index (χ1v) is 13.4. The molecular weight excluding hydrogens is 611 g/mol. The average Bonchev–Trinajstić information content (AvgIpc) is 3.05. The SMILES string of the molecule is C#CC#CC#CC#CC#CC#CC#CC#CC#CC#CC#COc1cc(O)cc(C(O)(c2ccc(Cl)cc2)c2ccc(Cl)cc2)c1. The highest BCUT2D eigenvalue weighted by atomic mass is 35.5. The Kier molecular flexibility index (Phi) is 13.4. The minimum absolute atomic E-state index is 0.146. The molecule has 0 fully saturated rings. The first kappa shape index (κ1) is 33.5. The third-order valence-corrected chi connectivity index (χ3v) is 5.75. The van der Waals surface area contributed by atoms with Gasteiger partial charge in [0, 0.05) is 87.2 Å². The molecule has 3 aromatic carbocycles. The van der Waals surface area contributed by atoms with Gasteiger partial charge in [0.25, 0.3) is 0 Å². The van der Waals surface area contributed by atoms with E-state index in [1.54, 1.807) is 54.6 Å². The first-order chi connectivity index (χ1) is 22.4. The number of aromatic hydroxyl groups is 1. The summed E-state index contributed by atoms with van der Waals surface area (Å²) in [6, 6.07) is 17.8. The molecular formula is C41H14Cl2O3. The molecule has 0 aliphatic heterocycles. The summed E-state index contributed by atoms with van der Waals surface area (Å²) in [4.78, 5) is 0. The molecule has 0 amide bonds. The summed E-state index contributed by atoms with van der Waals surface area (Å²) in [6.45, 7) is 0. The van der Waals surface area contributed by atoms with Crippen LogP contribution in [0.15, 0.2) is 66.7 Å². The van der Waals surface area contributed by atoms with Crippen molar-refractivity contribution in [3.05, 3.63) is 93.5 Å². The summed E-state index contributed by atoms with van der Waals surface area (Å²) in [5.74, 6) is 49.3. The van der Waals surface area contributed by atoms with Crippen molar-refractivity contribution in [1.29, 1.82) is 0 Å². The predicted octanol–water partition coefficient (Wildman–Crippen LogP) is 4.99. The Morgan fingerprint density at radius 3 is 1.26 bits per heavy atom. The fourth-order valence-electron chi connectivity index (χ4n) is 3.41. The van der Waals surface area contributed by atoms with E-state index in [2.05, 4.69) is 125 Å². The maximum Gasteiger partial charge on any atom is 0.144 e. The molecule has 3 aromatic rings. The van der Waals surface area contributed by atoms with E-state index in [-0.39, 0.29) is 11.5 Å². The molecule has 0 saturated carbocycles. The normalized spacial score (nSPS) is 7.96. The Morgan fingerprint density at radius 2 is 0.870 bits per heavy atom. The molecule has 46 heavy (non-hydrogen) atoms. The summed E-state index contributed by atoms with van der Waals surface area (Å²) < 4.78 is 5.45. The maximum atomic E-state index is 12.0. The van der Waals surface area contributed by atoms with Crippen LogP contribution in [0.5, 0.6) is 11.5 Å². The largest absolute Gasteiger partial charge is 0.508 e. The topological polar surface area (TPSA) is 49.7 Å². The molecule has 0 heterocycles. The highest BCUT2D eigenvalue weighted by Crippen LogP contribution is 2.40. The van der Waals surface area contributed by atoms with Gasteiger partial charge in [-0.1, -0.05) is 47.5 Å². The Balaban J connectivity index is 1.66. The fraction of sp³-hybridized carbons (Fsp3) is 0.0244. The van der Waals surface area contributed by atoms with Crippen molar-refractivity contribution in [1.82, 2.24) is 0 Å². The Morgan fingerprint density at radius 1 is 0.500 bits per heavy atom. The smallest absolute Gasteiger partial charge is 0.144 e. The molecule has 3 rings (SSSR count). The van der Waals surface area contributed by atoms with Crippen LogP contribution < -0.4 is 4.74 Å². The number of ether oxygens (including phenoxy) is 1. The molecule has 0 spiro atoms. The van der Waals surface area contributed by atoms with E-state index in [1.165, 1.54) is 12.1 Å². The Bertz CT molecular complexity index is 2280. The van der Waals surface area contributed by atoms with Gasteiger partial charge < -0.3 is 14.9 Å². The van der Waals surface area contributed by atoms with Crippen LogP contribution in [0.25, 0.3) is 0 Å². The van der Waals surface area contributed by atoms with Crippen molar-refractivity contribution >= 4 is 23.2 Å². The minimum atomic E-state index is -1.68. The molecule has 0 aliphatic carbocycles. The van der Waals surface area contributed by atoms with Gasteiger partial charge in [0.1, 0.15) is 23.2 Å². The van der Waals surface area contributed by atoms with Crippen LogP contribution in [-0.2, 0) is 5.60 Å². The second kappa shape index (κ2) is 18.5. The van der Waals surface area contributed by atoms with Gasteiger partial charge in [-0.2, -0.15) is 0 Å². The molecule has 5 heteroatoms. The lowest BCUT2D eigenvalue weighted by atomic mass is 9.80. The van der Waals surface area contributed by atoms with Crippen molar-refractivity contribution in [2.24, 2.45) is 0 Å². The number of aliphatic hydroxyl groups is 1. The van der Waals surface area contributed by atoms with E-state index < -0.39 is 5.60 Å². The molecule has 3 nitrogen and oxygen atoms in total. The van der Waals surface area contributed by atoms with Crippen LogP contribution in [0.2, 0.25) is 10.0 Å². The Labute approximate surface area is 278 Å². The van der Waals surface area contributed by atoms with Gasteiger partial charge in [-0.15, -0.1) is 6.42 Å². The molecule has 0 atom stereocenters. The zero-order valence-electron chi connectivity index (χ0n) is 23.5. The van der Waals surface area contributed by atoms with Crippen LogP contribution in [0.4, 0.5) is 0 Å². The summed E-state index contributed by atoms with van der Waals surface area (Å²) in [7, 11) is 0. The average molecular weight is 625 g/mol. The summed E-state index contributed by atoms with van der Waals surface area (Å²) >= 11 is 12.1. The molecule has 0 aliphatic rings. The number of hydrogen-bond donors (Lipinski definition) is 2. The number of phenolic OH excluding ortho intramolecular Hbond substituents is 1. The fourth-order valence-corrected chi connectivity index (χ4v) is 3.66. The third-order valence-electron chi connectivity index (χ3n) is 5.25. The van der Waals surface area contributed by atoms with Crippen molar-refractivity contribution in [2.75, 3.05) is 0 Å². The number of halogens is 2. The first-order valence-electron chi connectivity index (χ1n) is 12.6. The van der Waals surface area contributed by atoms with E-state index in [0.717, 1.165) is 0 Å². The number of rotatable bonds is 4. The molecule has 0 bridgehead atoms. The molecule has 2 N–H and O–H groups in total. The van der Waals surface area contributed by atoms with Crippen molar-refractivity contribution in [3.63, 3.8) is 0 Å². The van der Waals surface area contributed by atoms with Crippen LogP contribution in [-0.4, -0.2) is 10.2 Å². The van der Waals surface area contributed by atoms with Crippen LogP contribution in [0.3, 0.4) is 0 Å². The van der Waals surface area contributed by atoms with E-state index >= 15 is 0 Å². The van der Waals surface area contributed by atoms with Gasteiger partial charge in [-0.25, -0.2) is 0 Å². The van der Waals surface area contributed by atoms with E-state index in [4.69, 9.17) is 34.4 Å². The predicted molar refractivity (Wildman–Crippen MR) is 180 cm³/mol. The van der Waals surface area contributed by atoms with Crippen molar-refractivity contribution in [3.8, 4) is 142 Å². The highest BCUT2D eigenvalue weighted by molar-refractivity contribution is 6.30. The standard InChI is InChI=1S/C41H14Cl2O3/c1-2-3-4-5-6-7-8-9-10-11-12-13-14-15-16-17-18-19-20-21-30-46-40-32-36(31-39(44)33-40)41(45,34-22-26-37(42)27-23-34)35-24-28-38(43)29-25-35/h1,22-29,31-33,44-45H. The van der Waals surface area contributed by atoms with Gasteiger partial charge in [-0.05, 0) is 100 Å². The lowest BCUT2D eigenvalue weighted by Gasteiger charge is -2.30. The molecule has 0 radical (unpaired) electrons. The number of hydrogen-bond acceptors (Lipinski definition) is 3. The molecule has 0 aromatic heterocycles. The monoisotopic (exact) mass is 624 g/mol. The van der Waals surface area contributed by atoms with Crippen LogP contribution in [0, 0.1) is 131 Å². The van der Waals surface area contributed by atoms with E-state index in [9.17, 15) is 10.2 Å². The third kappa shape index (κ3) is 11.0. The maximum absolute atomic E-state index is 12.0. The minimum Gasteiger partial charge on any atom is -0.508 e. The lowest BCUT2D eigenvalue weighted by Crippen LogP contribution is -2.28. The zero-order chi connectivity index (χ0) is 32.9. The quantitative estimate of drug-likeness (QED) is 0.318. The Hall–Kier alpha value is -7.04. The summed E-state index contributed by atoms with van der Waals surface area (Å²) in [6.07, 6.45) is 7.38. The van der Waals surface area contributed by atoms with Crippen molar-refractivity contribution in [2.45, 2.75) is 5.60 Å². The van der Waals surface area contributed by atoms with Gasteiger partial charge in [-0.3, -0.25) is 0 Å². The van der Waals surface area contributed by atoms with Gasteiger partial charge in [0.15, 0.2) is 0 Å². The van der Waals surface area contributed by atoms with Crippen LogP contribution in [0.1, 0.15) is 16.7 Å². The number of benzene rings is 3.